The zero-order valence-corrected chi connectivity index (χ0v) is 17.7. The van der Waals surface area contributed by atoms with Gasteiger partial charge in [0.15, 0.2) is 0 Å². The fraction of sp³-hybridized carbons (Fsp3) is 0.143. The Balaban J connectivity index is 1.38. The van der Waals surface area contributed by atoms with Crippen LogP contribution in [0.25, 0.3) is 0 Å². The summed E-state index contributed by atoms with van der Waals surface area (Å²) >= 11 is 0. The van der Waals surface area contributed by atoms with Crippen molar-refractivity contribution in [2.45, 2.75) is 13.0 Å². The van der Waals surface area contributed by atoms with Crippen molar-refractivity contribution in [3.05, 3.63) is 126 Å². The molecular weight excluding hydrogens is 380 g/mol. The van der Waals surface area contributed by atoms with Gasteiger partial charge in [0.1, 0.15) is 12.4 Å². The maximum Gasteiger partial charge on any atom is 0.119 e. The van der Waals surface area contributed by atoms with Crippen molar-refractivity contribution in [2.24, 2.45) is 5.73 Å². The molecule has 4 aromatic carbocycles. The van der Waals surface area contributed by atoms with E-state index in [1.165, 1.54) is 16.7 Å². The summed E-state index contributed by atoms with van der Waals surface area (Å²) in [5, 5.41) is 0. The number of hydrogen-bond donors (Lipinski definition) is 1. The summed E-state index contributed by atoms with van der Waals surface area (Å²) in [7, 11) is 0. The molecule has 0 radical (unpaired) electrons. The first kappa shape index (κ1) is 20.7. The number of para-hydroxylation sites is 1. The highest BCUT2D eigenvalue weighted by Gasteiger charge is 2.08. The summed E-state index contributed by atoms with van der Waals surface area (Å²) in [6, 6.07) is 37.7. The number of rotatable bonds is 9. The summed E-state index contributed by atoms with van der Waals surface area (Å²) in [4.78, 5) is 2.25. The van der Waals surface area contributed by atoms with E-state index >= 15 is 0 Å². The van der Waals surface area contributed by atoms with Crippen LogP contribution in [-0.4, -0.2) is 13.1 Å². The van der Waals surface area contributed by atoms with Crippen molar-refractivity contribution in [1.82, 2.24) is 0 Å². The van der Waals surface area contributed by atoms with Crippen LogP contribution in [0.3, 0.4) is 0 Å². The summed E-state index contributed by atoms with van der Waals surface area (Å²) in [6.45, 7) is 1.98. The van der Waals surface area contributed by atoms with E-state index in [1.807, 2.05) is 36.4 Å². The topological polar surface area (TPSA) is 38.5 Å². The molecule has 0 heterocycles. The Labute approximate surface area is 184 Å². The zero-order chi connectivity index (χ0) is 21.3. The van der Waals surface area contributed by atoms with Gasteiger partial charge >= 0.3 is 0 Å². The van der Waals surface area contributed by atoms with Crippen molar-refractivity contribution >= 4 is 11.4 Å². The first-order chi connectivity index (χ1) is 15.3. The van der Waals surface area contributed by atoms with Gasteiger partial charge in [-0.1, -0.05) is 72.8 Å². The Morgan fingerprint density at radius 2 is 1.13 bits per heavy atom. The van der Waals surface area contributed by atoms with Gasteiger partial charge in [-0.3, -0.25) is 0 Å². The molecule has 0 saturated heterocycles. The van der Waals surface area contributed by atoms with E-state index in [1.54, 1.807) is 0 Å². The average Bonchev–Trinajstić information content (AvgIpc) is 2.84. The largest absolute Gasteiger partial charge is 0.489 e. The van der Waals surface area contributed by atoms with E-state index < -0.39 is 0 Å². The summed E-state index contributed by atoms with van der Waals surface area (Å²) in [6.07, 6.45) is 0.890. The second-order valence-electron chi connectivity index (χ2n) is 7.54. The van der Waals surface area contributed by atoms with E-state index in [2.05, 4.69) is 77.7 Å². The van der Waals surface area contributed by atoms with Crippen LogP contribution < -0.4 is 15.4 Å². The van der Waals surface area contributed by atoms with Gasteiger partial charge in [-0.15, -0.1) is 0 Å². The van der Waals surface area contributed by atoms with Crippen molar-refractivity contribution in [3.8, 4) is 5.75 Å². The second kappa shape index (κ2) is 10.5. The molecule has 3 nitrogen and oxygen atoms in total. The number of benzene rings is 4. The lowest BCUT2D eigenvalue weighted by atomic mass is 10.0. The number of ether oxygens (including phenoxy) is 1. The van der Waals surface area contributed by atoms with Crippen LogP contribution >= 0.6 is 0 Å². The van der Waals surface area contributed by atoms with E-state index in [9.17, 15) is 0 Å². The number of anilines is 2. The Hall–Kier alpha value is -3.56. The molecule has 4 rings (SSSR count). The lowest BCUT2D eigenvalue weighted by molar-refractivity contribution is 0.306. The summed E-state index contributed by atoms with van der Waals surface area (Å²) in [5.41, 5.74) is 11.9. The third-order valence-corrected chi connectivity index (χ3v) is 5.25. The highest BCUT2D eigenvalue weighted by Crippen LogP contribution is 2.25. The van der Waals surface area contributed by atoms with Gasteiger partial charge in [-0.2, -0.15) is 0 Å². The maximum absolute atomic E-state index is 5.89. The standard InChI is InChI=1S/C28H28N2O/c29-19-20-30(26-9-5-2-6-10-26)27-15-11-23(12-16-27)21-24-13-17-28(18-14-24)31-22-25-7-3-1-4-8-25/h1-18H,19-22,29H2. The van der Waals surface area contributed by atoms with Crippen molar-refractivity contribution in [2.75, 3.05) is 18.0 Å². The average molecular weight is 409 g/mol. The highest BCUT2D eigenvalue weighted by molar-refractivity contribution is 5.63. The molecule has 2 N–H and O–H groups in total. The van der Waals surface area contributed by atoms with Gasteiger partial charge in [0.25, 0.3) is 0 Å². The summed E-state index contributed by atoms with van der Waals surface area (Å²) in [5.74, 6) is 0.892. The van der Waals surface area contributed by atoms with Crippen LogP contribution in [0, 0.1) is 0 Å². The van der Waals surface area contributed by atoms with E-state index in [4.69, 9.17) is 10.5 Å². The molecule has 156 valence electrons. The first-order valence-corrected chi connectivity index (χ1v) is 10.7. The molecule has 3 heteroatoms. The lowest BCUT2D eigenvalue weighted by Gasteiger charge is -2.24. The van der Waals surface area contributed by atoms with Gasteiger partial charge in [-0.25, -0.2) is 0 Å². The van der Waals surface area contributed by atoms with Gasteiger partial charge in [-0.05, 0) is 59.5 Å². The molecule has 0 aliphatic carbocycles. The monoisotopic (exact) mass is 408 g/mol. The molecule has 0 bridgehead atoms. The van der Waals surface area contributed by atoms with Gasteiger partial charge in [0.2, 0.25) is 0 Å². The molecule has 0 atom stereocenters. The zero-order valence-electron chi connectivity index (χ0n) is 17.7. The van der Waals surface area contributed by atoms with Crippen LogP contribution in [0.1, 0.15) is 16.7 Å². The molecule has 0 unspecified atom stereocenters. The fourth-order valence-corrected chi connectivity index (χ4v) is 3.62. The molecular formula is C28H28N2O. The van der Waals surface area contributed by atoms with E-state index in [0.29, 0.717) is 13.2 Å². The molecule has 0 aromatic heterocycles. The predicted octanol–water partition coefficient (Wildman–Crippen LogP) is 5.95. The molecule has 0 saturated carbocycles. The quantitative estimate of drug-likeness (QED) is 0.372. The maximum atomic E-state index is 5.89. The Bertz CT molecular complexity index is 1050. The number of nitrogens with zero attached hydrogens (tertiary/aromatic N) is 1. The number of nitrogens with two attached hydrogens (primary N) is 1. The highest BCUT2D eigenvalue weighted by atomic mass is 16.5. The van der Waals surface area contributed by atoms with Crippen molar-refractivity contribution in [3.63, 3.8) is 0 Å². The van der Waals surface area contributed by atoms with Crippen LogP contribution in [0.4, 0.5) is 11.4 Å². The summed E-state index contributed by atoms with van der Waals surface area (Å²) < 4.78 is 5.89. The Morgan fingerprint density at radius 3 is 1.74 bits per heavy atom. The first-order valence-electron chi connectivity index (χ1n) is 10.7. The molecule has 0 amide bonds. The molecule has 4 aromatic rings. The van der Waals surface area contributed by atoms with Crippen LogP contribution in [-0.2, 0) is 13.0 Å². The number of hydrogen-bond acceptors (Lipinski definition) is 3. The normalized spacial score (nSPS) is 10.6. The minimum Gasteiger partial charge on any atom is -0.489 e. The molecule has 0 aliphatic rings. The molecule has 31 heavy (non-hydrogen) atoms. The predicted molar refractivity (Wildman–Crippen MR) is 129 cm³/mol. The van der Waals surface area contributed by atoms with Crippen LogP contribution in [0.5, 0.6) is 5.75 Å². The van der Waals surface area contributed by atoms with Crippen molar-refractivity contribution in [1.29, 1.82) is 0 Å². The van der Waals surface area contributed by atoms with Crippen molar-refractivity contribution < 1.29 is 4.74 Å². The van der Waals surface area contributed by atoms with Crippen LogP contribution in [0.2, 0.25) is 0 Å². The molecule has 0 spiro atoms. The Morgan fingerprint density at radius 1 is 0.581 bits per heavy atom. The van der Waals surface area contributed by atoms with Gasteiger partial charge in [0, 0.05) is 24.5 Å². The smallest absolute Gasteiger partial charge is 0.119 e. The molecule has 0 fully saturated rings. The van der Waals surface area contributed by atoms with E-state index in [0.717, 1.165) is 30.1 Å². The molecule has 0 aliphatic heterocycles. The third-order valence-electron chi connectivity index (χ3n) is 5.25. The minimum atomic E-state index is 0.586. The lowest BCUT2D eigenvalue weighted by Crippen LogP contribution is -2.24. The second-order valence-corrected chi connectivity index (χ2v) is 7.54. The van der Waals surface area contributed by atoms with Crippen LogP contribution in [0.15, 0.2) is 109 Å². The fourth-order valence-electron chi connectivity index (χ4n) is 3.62. The Kier molecular flexibility index (Phi) is 6.99. The van der Waals surface area contributed by atoms with Gasteiger partial charge < -0.3 is 15.4 Å². The minimum absolute atomic E-state index is 0.586. The SMILES string of the molecule is NCCN(c1ccccc1)c1ccc(Cc2ccc(OCc3ccccc3)cc2)cc1. The van der Waals surface area contributed by atoms with Gasteiger partial charge in [0.05, 0.1) is 0 Å². The third kappa shape index (κ3) is 5.74. The van der Waals surface area contributed by atoms with E-state index in [-0.39, 0.29) is 0 Å².